The highest BCUT2D eigenvalue weighted by Gasteiger charge is 2.37. The Morgan fingerprint density at radius 3 is 2.35 bits per heavy atom. The molecule has 0 saturated carbocycles. The fourth-order valence-corrected chi connectivity index (χ4v) is 3.53. The van der Waals surface area contributed by atoms with Crippen LogP contribution in [0.1, 0.15) is 46.0 Å². The van der Waals surface area contributed by atoms with Gasteiger partial charge in [-0.1, -0.05) is 41.1 Å². The number of hydrogen-bond acceptors (Lipinski definition) is 6. The number of aryl methyl sites for hydroxylation is 1. The van der Waals surface area contributed by atoms with Crippen LogP contribution in [0.5, 0.6) is 0 Å². The third-order valence-corrected chi connectivity index (χ3v) is 5.17. The summed E-state index contributed by atoms with van der Waals surface area (Å²) in [5, 5.41) is 4.01. The average molecular weight is 418 g/mol. The van der Waals surface area contributed by atoms with Crippen molar-refractivity contribution < 1.29 is 18.9 Å². The second kappa shape index (κ2) is 8.14. The van der Waals surface area contributed by atoms with Crippen LogP contribution >= 0.6 is 0 Å². The molecule has 3 amide bonds. The van der Waals surface area contributed by atoms with Crippen LogP contribution in [0.2, 0.25) is 0 Å². The number of benzene rings is 2. The van der Waals surface area contributed by atoms with Gasteiger partial charge in [0, 0.05) is 11.6 Å². The van der Waals surface area contributed by atoms with Crippen molar-refractivity contribution in [2.75, 3.05) is 6.54 Å². The number of amides is 3. The summed E-state index contributed by atoms with van der Waals surface area (Å²) in [6.45, 7) is 5.40. The Hall–Kier alpha value is -3.81. The second-order valence-electron chi connectivity index (χ2n) is 7.74. The van der Waals surface area contributed by atoms with Gasteiger partial charge in [0.15, 0.2) is 0 Å². The molecule has 158 valence electrons. The van der Waals surface area contributed by atoms with Crippen LogP contribution < -0.4 is 0 Å². The van der Waals surface area contributed by atoms with E-state index in [1.807, 2.05) is 45.0 Å². The van der Waals surface area contributed by atoms with Crippen LogP contribution in [0, 0.1) is 6.92 Å². The summed E-state index contributed by atoms with van der Waals surface area (Å²) in [6.07, 6.45) is 0. The molecule has 0 radical (unpaired) electrons. The van der Waals surface area contributed by atoms with Gasteiger partial charge in [-0.15, -0.1) is 0 Å². The van der Waals surface area contributed by atoms with Gasteiger partial charge in [-0.3, -0.25) is 19.3 Å². The maximum Gasteiger partial charge on any atom is 0.262 e. The van der Waals surface area contributed by atoms with Crippen molar-refractivity contribution in [3.63, 3.8) is 0 Å². The summed E-state index contributed by atoms with van der Waals surface area (Å²) >= 11 is 0. The van der Waals surface area contributed by atoms with E-state index < -0.39 is 11.8 Å². The van der Waals surface area contributed by atoms with E-state index in [0.717, 1.165) is 16.0 Å². The Morgan fingerprint density at radius 2 is 1.74 bits per heavy atom. The molecule has 0 bridgehead atoms. The van der Waals surface area contributed by atoms with Crippen molar-refractivity contribution in [1.82, 2.24) is 19.9 Å². The molecule has 0 N–H and O–H groups in total. The third-order valence-electron chi connectivity index (χ3n) is 5.17. The highest BCUT2D eigenvalue weighted by Crippen LogP contribution is 2.23. The van der Waals surface area contributed by atoms with E-state index in [2.05, 4.69) is 10.1 Å². The van der Waals surface area contributed by atoms with Gasteiger partial charge in [-0.05, 0) is 39.0 Å². The first kappa shape index (κ1) is 20.5. The number of carbonyl (C=O) groups is 3. The number of fused-ring (bicyclic) bond motifs is 1. The minimum Gasteiger partial charge on any atom is -0.337 e. The highest BCUT2D eigenvalue weighted by molar-refractivity contribution is 6.22. The molecular weight excluding hydrogens is 396 g/mol. The Bertz CT molecular complexity index is 1130. The minimum absolute atomic E-state index is 0.0818. The fourth-order valence-electron chi connectivity index (χ4n) is 3.53. The molecule has 1 aliphatic heterocycles. The summed E-state index contributed by atoms with van der Waals surface area (Å²) in [4.78, 5) is 45.0. The Labute approximate surface area is 179 Å². The molecule has 1 aromatic heterocycles. The van der Waals surface area contributed by atoms with Gasteiger partial charge in [-0.2, -0.15) is 4.98 Å². The fraction of sp³-hybridized carbons (Fsp3) is 0.261. The lowest BCUT2D eigenvalue weighted by molar-refractivity contribution is -0.134. The summed E-state index contributed by atoms with van der Waals surface area (Å²) in [5.41, 5.74) is 2.53. The number of aromatic nitrogens is 2. The van der Waals surface area contributed by atoms with Gasteiger partial charge in [0.25, 0.3) is 11.8 Å². The topological polar surface area (TPSA) is 96.6 Å². The zero-order valence-electron chi connectivity index (χ0n) is 17.5. The van der Waals surface area contributed by atoms with Crippen LogP contribution in [0.3, 0.4) is 0 Å². The molecule has 8 nitrogen and oxygen atoms in total. The summed E-state index contributed by atoms with van der Waals surface area (Å²) in [6, 6.07) is 14.1. The molecule has 0 aliphatic carbocycles. The van der Waals surface area contributed by atoms with Gasteiger partial charge in [0.05, 0.1) is 11.1 Å². The maximum atomic E-state index is 13.0. The van der Waals surface area contributed by atoms with E-state index in [1.54, 1.807) is 24.3 Å². The van der Waals surface area contributed by atoms with Gasteiger partial charge in [0.2, 0.25) is 17.6 Å². The average Bonchev–Trinajstić information content (AvgIpc) is 3.31. The molecule has 1 aliphatic rings. The SMILES string of the molecule is Cc1cccc(-c2noc(CN(C(=O)CN3C(=O)c4ccccc4C3=O)C(C)C)n2)c1. The molecule has 0 unspecified atom stereocenters. The van der Waals surface area contributed by atoms with Gasteiger partial charge < -0.3 is 9.42 Å². The largest absolute Gasteiger partial charge is 0.337 e. The molecule has 8 heteroatoms. The zero-order valence-corrected chi connectivity index (χ0v) is 17.5. The van der Waals surface area contributed by atoms with Crippen molar-refractivity contribution >= 4 is 17.7 Å². The van der Waals surface area contributed by atoms with Crippen molar-refractivity contribution in [2.24, 2.45) is 0 Å². The van der Waals surface area contributed by atoms with Gasteiger partial charge in [-0.25, -0.2) is 0 Å². The molecule has 3 aromatic rings. The van der Waals surface area contributed by atoms with Crippen molar-refractivity contribution in [3.05, 3.63) is 71.1 Å². The molecule has 2 heterocycles. The van der Waals surface area contributed by atoms with E-state index in [0.29, 0.717) is 17.0 Å². The van der Waals surface area contributed by atoms with Gasteiger partial charge in [0.1, 0.15) is 13.1 Å². The first-order valence-electron chi connectivity index (χ1n) is 9.99. The number of rotatable bonds is 6. The Morgan fingerprint density at radius 1 is 1.06 bits per heavy atom. The van der Waals surface area contributed by atoms with Crippen LogP contribution in [0.25, 0.3) is 11.4 Å². The number of imide groups is 1. The van der Waals surface area contributed by atoms with E-state index in [-0.39, 0.29) is 30.9 Å². The van der Waals surface area contributed by atoms with Crippen LogP contribution in [-0.4, -0.2) is 50.2 Å². The van der Waals surface area contributed by atoms with E-state index >= 15 is 0 Å². The molecule has 0 saturated heterocycles. The number of carbonyl (C=O) groups excluding carboxylic acids is 3. The van der Waals surface area contributed by atoms with E-state index in [9.17, 15) is 14.4 Å². The zero-order chi connectivity index (χ0) is 22.1. The standard InChI is InChI=1S/C23H22N4O4/c1-14(2)26(12-19-24-21(25-31-19)16-8-6-7-15(3)11-16)20(28)13-27-22(29)17-9-4-5-10-18(17)23(27)30/h4-11,14H,12-13H2,1-3H3. The van der Waals surface area contributed by atoms with Crippen molar-refractivity contribution in [2.45, 2.75) is 33.4 Å². The second-order valence-corrected chi connectivity index (χ2v) is 7.74. The molecule has 31 heavy (non-hydrogen) atoms. The summed E-state index contributed by atoms with van der Waals surface area (Å²) < 4.78 is 5.35. The third kappa shape index (κ3) is 3.96. The van der Waals surface area contributed by atoms with Crippen LogP contribution in [-0.2, 0) is 11.3 Å². The van der Waals surface area contributed by atoms with Crippen LogP contribution in [0.4, 0.5) is 0 Å². The minimum atomic E-state index is -0.461. The quantitative estimate of drug-likeness (QED) is 0.571. The summed E-state index contributed by atoms with van der Waals surface area (Å²) in [7, 11) is 0. The molecule has 4 rings (SSSR count). The number of hydrogen-bond donors (Lipinski definition) is 0. The van der Waals surface area contributed by atoms with Crippen molar-refractivity contribution in [1.29, 1.82) is 0 Å². The van der Waals surface area contributed by atoms with Crippen molar-refractivity contribution in [3.8, 4) is 11.4 Å². The number of nitrogens with zero attached hydrogens (tertiary/aromatic N) is 4. The lowest BCUT2D eigenvalue weighted by Gasteiger charge is -2.27. The molecule has 0 atom stereocenters. The smallest absolute Gasteiger partial charge is 0.262 e. The Balaban J connectivity index is 1.49. The normalized spacial score (nSPS) is 13.1. The van der Waals surface area contributed by atoms with Gasteiger partial charge >= 0.3 is 0 Å². The first-order chi connectivity index (χ1) is 14.8. The van der Waals surface area contributed by atoms with E-state index in [4.69, 9.17) is 4.52 Å². The van der Waals surface area contributed by atoms with E-state index in [1.165, 1.54) is 4.90 Å². The molecule has 2 aromatic carbocycles. The van der Waals surface area contributed by atoms with Crippen LogP contribution in [0.15, 0.2) is 53.1 Å². The predicted octanol–water partition coefficient (Wildman–Crippen LogP) is 3.08. The maximum absolute atomic E-state index is 13.0. The molecule has 0 spiro atoms. The lowest BCUT2D eigenvalue weighted by Crippen LogP contribution is -2.45. The monoisotopic (exact) mass is 418 g/mol. The lowest BCUT2D eigenvalue weighted by atomic mass is 10.1. The Kier molecular flexibility index (Phi) is 5.37. The molecule has 0 fully saturated rings. The predicted molar refractivity (Wildman–Crippen MR) is 112 cm³/mol. The summed E-state index contributed by atoms with van der Waals surface area (Å²) in [5.74, 6) is -0.578. The molecular formula is C23H22N4O4. The highest BCUT2D eigenvalue weighted by atomic mass is 16.5. The first-order valence-corrected chi connectivity index (χ1v) is 9.99.